The minimum absolute atomic E-state index is 0.293. The van der Waals surface area contributed by atoms with E-state index >= 15 is 0 Å². The molecular weight excluding hydrogens is 302 g/mol. The highest BCUT2D eigenvalue weighted by Gasteiger charge is 2.47. The summed E-state index contributed by atoms with van der Waals surface area (Å²) < 4.78 is 1.77. The molecule has 0 spiro atoms. The summed E-state index contributed by atoms with van der Waals surface area (Å²) in [4.78, 5) is 19.2. The van der Waals surface area contributed by atoms with Gasteiger partial charge in [0, 0.05) is 37.4 Å². The molecule has 1 aliphatic heterocycles. The Morgan fingerprint density at radius 3 is 2.71 bits per heavy atom. The van der Waals surface area contributed by atoms with E-state index in [4.69, 9.17) is 0 Å². The monoisotopic (exact) mass is 325 g/mol. The molecule has 2 aromatic heterocycles. The molecule has 0 bridgehead atoms. The summed E-state index contributed by atoms with van der Waals surface area (Å²) in [6.45, 7) is 1.68. The van der Waals surface area contributed by atoms with E-state index in [2.05, 4.69) is 20.3 Å². The second-order valence-electron chi connectivity index (χ2n) is 7.56. The van der Waals surface area contributed by atoms with Gasteiger partial charge in [-0.2, -0.15) is 0 Å². The van der Waals surface area contributed by atoms with Crippen molar-refractivity contribution in [1.82, 2.24) is 19.5 Å². The van der Waals surface area contributed by atoms with Crippen LogP contribution < -0.4 is 5.32 Å². The molecule has 3 aliphatic rings. The lowest BCUT2D eigenvalue weighted by atomic mass is 9.96. The number of hydrogen-bond donors (Lipinski definition) is 1. The van der Waals surface area contributed by atoms with Gasteiger partial charge in [-0.05, 0) is 56.1 Å². The molecule has 2 aromatic rings. The number of carbonyl (C=O) groups is 1. The normalized spacial score (nSPS) is 24.0. The Labute approximate surface area is 141 Å². The van der Waals surface area contributed by atoms with E-state index in [-0.39, 0.29) is 0 Å². The lowest BCUT2D eigenvalue weighted by molar-refractivity contribution is -0.135. The molecule has 1 atom stereocenters. The topological polar surface area (TPSA) is 62.5 Å². The van der Waals surface area contributed by atoms with Gasteiger partial charge in [-0.3, -0.25) is 4.79 Å². The predicted octanol–water partition coefficient (Wildman–Crippen LogP) is 2.18. The highest BCUT2D eigenvalue weighted by Crippen LogP contribution is 2.50. The van der Waals surface area contributed by atoms with Crippen LogP contribution in [0, 0.1) is 17.8 Å². The van der Waals surface area contributed by atoms with Crippen molar-refractivity contribution >= 4 is 17.4 Å². The summed E-state index contributed by atoms with van der Waals surface area (Å²) in [7, 11) is 0. The Bertz CT molecular complexity index is 752. The van der Waals surface area contributed by atoms with Crippen molar-refractivity contribution in [2.75, 3.05) is 18.4 Å². The number of amides is 1. The molecule has 1 N–H and O–H groups in total. The maximum absolute atomic E-state index is 12.9. The number of rotatable bonds is 5. The van der Waals surface area contributed by atoms with Crippen LogP contribution >= 0.6 is 0 Å². The number of hydrogen-bond acceptors (Lipinski definition) is 4. The summed E-state index contributed by atoms with van der Waals surface area (Å²) in [6.07, 6.45) is 9.64. The van der Waals surface area contributed by atoms with Crippen LogP contribution in [0.25, 0.3) is 5.65 Å². The molecule has 1 saturated heterocycles. The molecule has 24 heavy (non-hydrogen) atoms. The second-order valence-corrected chi connectivity index (χ2v) is 7.56. The zero-order valence-corrected chi connectivity index (χ0v) is 13.8. The van der Waals surface area contributed by atoms with Crippen LogP contribution in [-0.2, 0) is 4.79 Å². The Hall–Kier alpha value is -2.11. The zero-order chi connectivity index (χ0) is 16.1. The van der Waals surface area contributed by atoms with Crippen molar-refractivity contribution in [2.24, 2.45) is 17.8 Å². The second kappa shape index (κ2) is 5.46. The number of fused-ring (bicyclic) bond motifs is 1. The molecule has 1 unspecified atom stereocenters. The van der Waals surface area contributed by atoms with E-state index in [1.165, 1.54) is 25.7 Å². The first-order chi connectivity index (χ1) is 11.8. The summed E-state index contributed by atoms with van der Waals surface area (Å²) in [5.74, 6) is 2.96. The number of nitrogens with zero attached hydrogens (tertiary/aromatic N) is 4. The van der Waals surface area contributed by atoms with E-state index in [0.717, 1.165) is 31.0 Å². The van der Waals surface area contributed by atoms with Gasteiger partial charge in [-0.1, -0.05) is 0 Å². The van der Waals surface area contributed by atoms with Gasteiger partial charge in [0.15, 0.2) is 5.65 Å². The van der Waals surface area contributed by atoms with E-state index in [1.807, 2.05) is 18.3 Å². The molecule has 3 heterocycles. The quantitative estimate of drug-likeness (QED) is 0.915. The zero-order valence-electron chi connectivity index (χ0n) is 13.8. The number of anilines is 1. The Morgan fingerprint density at radius 2 is 1.96 bits per heavy atom. The standard InChI is InChI=1S/C18H23N5O/c24-18(17(12-1-2-12)13-3-4-13)22-9-7-14(11-22)20-15-5-6-16-19-8-10-23(16)21-15/h5-6,8,10,12-14,17H,1-4,7,9,11H2,(H,20,21). The van der Waals surface area contributed by atoms with Crippen LogP contribution in [-0.4, -0.2) is 44.5 Å². The smallest absolute Gasteiger partial charge is 0.226 e. The molecule has 126 valence electrons. The lowest BCUT2D eigenvalue weighted by Crippen LogP contribution is -2.37. The number of likely N-dealkylation sites (tertiary alicyclic amines) is 1. The first-order valence-corrected chi connectivity index (χ1v) is 9.13. The fraction of sp³-hybridized carbons (Fsp3) is 0.611. The number of nitrogens with one attached hydrogen (secondary N) is 1. The molecule has 1 amide bonds. The Morgan fingerprint density at radius 1 is 1.17 bits per heavy atom. The fourth-order valence-electron chi connectivity index (χ4n) is 4.09. The van der Waals surface area contributed by atoms with Crippen molar-refractivity contribution in [3.63, 3.8) is 0 Å². The molecular formula is C18H23N5O. The summed E-state index contributed by atoms with van der Waals surface area (Å²) in [5.41, 5.74) is 0.848. The molecule has 6 nitrogen and oxygen atoms in total. The van der Waals surface area contributed by atoms with Gasteiger partial charge < -0.3 is 10.2 Å². The summed E-state index contributed by atoms with van der Waals surface area (Å²) in [6, 6.07) is 4.22. The van der Waals surface area contributed by atoms with Gasteiger partial charge in [0.2, 0.25) is 5.91 Å². The van der Waals surface area contributed by atoms with E-state index in [9.17, 15) is 4.79 Å². The third-order valence-electron chi connectivity index (χ3n) is 5.65. The van der Waals surface area contributed by atoms with Crippen LogP contribution in [0.5, 0.6) is 0 Å². The fourth-order valence-corrected chi connectivity index (χ4v) is 4.09. The molecule has 3 fully saturated rings. The summed E-state index contributed by atoms with van der Waals surface area (Å²) >= 11 is 0. The van der Waals surface area contributed by atoms with Crippen LogP contribution in [0.1, 0.15) is 32.1 Å². The van der Waals surface area contributed by atoms with Gasteiger partial charge in [0.1, 0.15) is 5.82 Å². The Kier molecular flexibility index (Phi) is 3.24. The van der Waals surface area contributed by atoms with Crippen molar-refractivity contribution in [2.45, 2.75) is 38.1 Å². The molecule has 6 heteroatoms. The van der Waals surface area contributed by atoms with Crippen molar-refractivity contribution in [3.8, 4) is 0 Å². The van der Waals surface area contributed by atoms with Gasteiger partial charge in [-0.15, -0.1) is 5.10 Å². The third-order valence-corrected chi connectivity index (χ3v) is 5.65. The van der Waals surface area contributed by atoms with Gasteiger partial charge in [0.05, 0.1) is 0 Å². The number of imidazole rings is 1. The third kappa shape index (κ3) is 2.64. The SMILES string of the molecule is O=C(C(C1CC1)C1CC1)N1CCC(Nc2ccc3nccn3n2)C1. The average Bonchev–Trinajstić information content (AvgIpc) is 3.50. The van der Waals surface area contributed by atoms with E-state index < -0.39 is 0 Å². The highest BCUT2D eigenvalue weighted by molar-refractivity contribution is 5.80. The van der Waals surface area contributed by atoms with Gasteiger partial charge >= 0.3 is 0 Å². The summed E-state index contributed by atoms with van der Waals surface area (Å²) in [5, 5.41) is 8.00. The highest BCUT2D eigenvalue weighted by atomic mass is 16.2. The first kappa shape index (κ1) is 14.3. The molecule has 5 rings (SSSR count). The molecule has 0 radical (unpaired) electrons. The molecule has 0 aromatic carbocycles. The minimum atomic E-state index is 0.293. The van der Waals surface area contributed by atoms with Crippen LogP contribution in [0.4, 0.5) is 5.82 Å². The lowest BCUT2D eigenvalue weighted by Gasteiger charge is -2.23. The predicted molar refractivity (Wildman–Crippen MR) is 90.5 cm³/mol. The number of aromatic nitrogens is 3. The van der Waals surface area contributed by atoms with Gasteiger partial charge in [-0.25, -0.2) is 9.50 Å². The molecule has 2 aliphatic carbocycles. The van der Waals surface area contributed by atoms with Gasteiger partial charge in [0.25, 0.3) is 0 Å². The van der Waals surface area contributed by atoms with Crippen molar-refractivity contribution in [3.05, 3.63) is 24.5 Å². The largest absolute Gasteiger partial charge is 0.364 e. The minimum Gasteiger partial charge on any atom is -0.364 e. The maximum atomic E-state index is 12.9. The van der Waals surface area contributed by atoms with Crippen molar-refractivity contribution < 1.29 is 4.79 Å². The van der Waals surface area contributed by atoms with E-state index in [0.29, 0.717) is 29.7 Å². The maximum Gasteiger partial charge on any atom is 0.226 e. The average molecular weight is 325 g/mol. The van der Waals surface area contributed by atoms with E-state index in [1.54, 1.807) is 10.7 Å². The Balaban J connectivity index is 1.24. The number of carbonyl (C=O) groups excluding carboxylic acids is 1. The first-order valence-electron chi connectivity index (χ1n) is 9.13. The van der Waals surface area contributed by atoms with Crippen LogP contribution in [0.3, 0.4) is 0 Å². The van der Waals surface area contributed by atoms with Crippen LogP contribution in [0.2, 0.25) is 0 Å². The van der Waals surface area contributed by atoms with Crippen LogP contribution in [0.15, 0.2) is 24.5 Å². The molecule has 2 saturated carbocycles. The van der Waals surface area contributed by atoms with Crippen molar-refractivity contribution in [1.29, 1.82) is 0 Å².